The number of carbonyl (C=O) groups excluding carboxylic acids is 1. The third-order valence-corrected chi connectivity index (χ3v) is 11.3. The van der Waals surface area contributed by atoms with E-state index in [1.165, 1.54) is 17.0 Å². The van der Waals surface area contributed by atoms with Gasteiger partial charge in [-0.15, -0.1) is 11.3 Å². The molecule has 0 spiro atoms. The van der Waals surface area contributed by atoms with Crippen molar-refractivity contribution < 1.29 is 22.7 Å². The molecule has 4 aromatic rings. The van der Waals surface area contributed by atoms with E-state index in [-0.39, 0.29) is 74.0 Å². The number of fused-ring (bicyclic) bond motifs is 3. The molecule has 5 heterocycles. The lowest BCUT2D eigenvalue weighted by molar-refractivity contribution is -0.125. The van der Waals surface area contributed by atoms with Gasteiger partial charge in [0, 0.05) is 42.9 Å². The molecule has 10 nitrogen and oxygen atoms in total. The van der Waals surface area contributed by atoms with Crippen molar-refractivity contribution in [1.29, 1.82) is 5.26 Å². The van der Waals surface area contributed by atoms with Crippen LogP contribution >= 0.6 is 22.9 Å². The summed E-state index contributed by atoms with van der Waals surface area (Å²) < 4.78 is 51.4. The number of amides is 1. The molecule has 3 fully saturated rings. The number of hydrogen-bond acceptors (Lipinski definition) is 9. The van der Waals surface area contributed by atoms with Crippen molar-refractivity contribution in [3.63, 3.8) is 0 Å². The van der Waals surface area contributed by atoms with Crippen LogP contribution in [0.2, 0.25) is 5.02 Å². The number of halogens is 4. The number of aromatic nitrogens is 2. The van der Waals surface area contributed by atoms with Crippen LogP contribution in [-0.4, -0.2) is 89.4 Å². The van der Waals surface area contributed by atoms with E-state index in [4.69, 9.17) is 28.6 Å². The number of ether oxygens (including phenoxy) is 1. The van der Waals surface area contributed by atoms with Gasteiger partial charge in [-0.1, -0.05) is 24.2 Å². The summed E-state index contributed by atoms with van der Waals surface area (Å²) in [5.41, 5.74) is 6.25. The van der Waals surface area contributed by atoms with E-state index in [1.807, 2.05) is 0 Å². The number of likely N-dealkylation sites (N-methyl/N-ethyl adjacent to an activating group) is 1. The minimum absolute atomic E-state index is 0.00460. The number of benzene rings is 2. The molecule has 15 heteroatoms. The lowest BCUT2D eigenvalue weighted by atomic mass is 9.94. The second-order valence-corrected chi connectivity index (χ2v) is 14.1. The zero-order valence-electron chi connectivity index (χ0n) is 26.3. The fourth-order valence-corrected chi connectivity index (χ4v) is 8.87. The Labute approximate surface area is 288 Å². The van der Waals surface area contributed by atoms with Crippen molar-refractivity contribution in [2.24, 2.45) is 0 Å². The maximum Gasteiger partial charge on any atom is 0.319 e. The van der Waals surface area contributed by atoms with Crippen LogP contribution in [0.1, 0.15) is 24.8 Å². The number of alkyl halides is 2. The number of nitrogens with zero attached hydrogens (tertiary/aromatic N) is 7. The molecule has 4 atom stereocenters. The van der Waals surface area contributed by atoms with Crippen LogP contribution in [0.25, 0.3) is 37.0 Å². The maximum absolute atomic E-state index is 15.5. The molecule has 2 aromatic carbocycles. The molecule has 3 aliphatic heterocycles. The molecule has 49 heavy (non-hydrogen) atoms. The molecule has 0 radical (unpaired) electrons. The Balaban J connectivity index is 1.41. The lowest BCUT2D eigenvalue weighted by Gasteiger charge is -2.31. The van der Waals surface area contributed by atoms with E-state index in [0.717, 1.165) is 36.8 Å². The van der Waals surface area contributed by atoms with E-state index >= 15 is 4.39 Å². The molecule has 2 N–H and O–H groups in total. The Morgan fingerprint density at radius 1 is 1.37 bits per heavy atom. The molecule has 3 aliphatic rings. The van der Waals surface area contributed by atoms with Crippen LogP contribution in [0.4, 0.5) is 29.7 Å². The average Bonchev–Trinajstić information content (AvgIpc) is 3.83. The normalized spacial score (nSPS) is 23.5. The van der Waals surface area contributed by atoms with E-state index in [2.05, 4.69) is 32.4 Å². The quantitative estimate of drug-likeness (QED) is 0.173. The van der Waals surface area contributed by atoms with E-state index in [9.17, 15) is 18.8 Å². The predicted molar refractivity (Wildman–Crippen MR) is 183 cm³/mol. The van der Waals surface area contributed by atoms with Crippen molar-refractivity contribution in [3.05, 3.63) is 58.7 Å². The first-order chi connectivity index (χ1) is 23.5. The summed E-state index contributed by atoms with van der Waals surface area (Å²) in [6, 6.07) is 5.47. The van der Waals surface area contributed by atoms with Gasteiger partial charge < -0.3 is 20.3 Å². The van der Waals surface area contributed by atoms with E-state index in [0.29, 0.717) is 23.9 Å². The number of nitriles is 1. The van der Waals surface area contributed by atoms with Crippen LogP contribution in [0.5, 0.6) is 6.01 Å². The first-order valence-corrected chi connectivity index (χ1v) is 16.8. The standard InChI is InChI=1S/C34H30ClF3N8O2S/c1-4-25(47)45-14-23(38)24(15-45)44(3)32-19-10-21(35)26(18-6-7-22(37)30-27(18)29(41-2)31(40)49-30)20(12-39)28(19)42-33(43-32)48-16-34-8-5-9-46(34)13-17(36)11-34/h4,6-7,10,17,23-24H,1,5,8-9,11,13-16,40H2,3H3/t17-,23-,24+,34+/m1/s1. The Bertz CT molecular complexity index is 2130. The van der Waals surface area contributed by atoms with Gasteiger partial charge >= 0.3 is 6.01 Å². The zero-order valence-corrected chi connectivity index (χ0v) is 27.9. The number of rotatable bonds is 7. The molecule has 2 aromatic heterocycles. The highest BCUT2D eigenvalue weighted by atomic mass is 35.5. The van der Waals surface area contributed by atoms with Crippen molar-refractivity contribution in [2.75, 3.05) is 50.5 Å². The van der Waals surface area contributed by atoms with Crippen LogP contribution in [0, 0.1) is 23.7 Å². The summed E-state index contributed by atoms with van der Waals surface area (Å²) in [4.78, 5) is 30.3. The molecule has 0 bridgehead atoms. The Morgan fingerprint density at radius 2 is 2.16 bits per heavy atom. The average molecular weight is 707 g/mol. The minimum atomic E-state index is -1.44. The number of likely N-dealkylation sites (tertiary alicyclic amines) is 1. The fourth-order valence-electron chi connectivity index (χ4n) is 7.62. The van der Waals surface area contributed by atoms with Crippen molar-refractivity contribution >= 4 is 66.3 Å². The number of carbonyl (C=O) groups is 1. The van der Waals surface area contributed by atoms with Gasteiger partial charge in [0.05, 0.1) is 50.5 Å². The van der Waals surface area contributed by atoms with Crippen LogP contribution < -0.4 is 15.4 Å². The molecular weight excluding hydrogens is 677 g/mol. The monoisotopic (exact) mass is 706 g/mol. The van der Waals surface area contributed by atoms with Gasteiger partial charge in [-0.2, -0.15) is 15.2 Å². The molecule has 0 saturated carbocycles. The van der Waals surface area contributed by atoms with Crippen LogP contribution in [0.15, 0.2) is 30.9 Å². The largest absolute Gasteiger partial charge is 0.461 e. The second kappa shape index (κ2) is 12.4. The van der Waals surface area contributed by atoms with E-state index < -0.39 is 35.6 Å². The molecular formula is C34H30ClF3N8O2S. The van der Waals surface area contributed by atoms with Crippen molar-refractivity contribution in [1.82, 2.24) is 19.8 Å². The summed E-state index contributed by atoms with van der Waals surface area (Å²) in [6.45, 7) is 12.3. The molecule has 0 aliphatic carbocycles. The van der Waals surface area contributed by atoms with Gasteiger partial charge in [-0.05, 0) is 43.2 Å². The Kier molecular flexibility index (Phi) is 8.30. The van der Waals surface area contributed by atoms with Crippen molar-refractivity contribution in [3.8, 4) is 23.2 Å². The Hall–Kier alpha value is -4.63. The number of anilines is 2. The summed E-state index contributed by atoms with van der Waals surface area (Å²) in [5.74, 6) is -0.783. The third kappa shape index (κ3) is 5.30. The smallest absolute Gasteiger partial charge is 0.319 e. The lowest BCUT2D eigenvalue weighted by Crippen LogP contribution is -2.43. The third-order valence-electron chi connectivity index (χ3n) is 9.95. The highest BCUT2D eigenvalue weighted by Crippen LogP contribution is 2.49. The summed E-state index contributed by atoms with van der Waals surface area (Å²) in [7, 11) is 1.63. The number of nitrogens with two attached hydrogens (primary N) is 1. The summed E-state index contributed by atoms with van der Waals surface area (Å²) in [6.07, 6.45) is 0.650. The van der Waals surface area contributed by atoms with E-state index in [1.54, 1.807) is 18.0 Å². The molecule has 0 unspecified atom stereocenters. The van der Waals surface area contributed by atoms with Gasteiger partial charge in [0.1, 0.15) is 36.7 Å². The van der Waals surface area contributed by atoms with Crippen LogP contribution in [0.3, 0.4) is 0 Å². The second-order valence-electron chi connectivity index (χ2n) is 12.7. The maximum atomic E-state index is 15.5. The molecule has 7 rings (SSSR count). The predicted octanol–water partition coefficient (Wildman–Crippen LogP) is 6.43. The minimum Gasteiger partial charge on any atom is -0.461 e. The SMILES string of the molecule is [C-]#[N+]c1c(N)sc2c(F)ccc(-c3c(Cl)cc4c(N(C)[C@H]5CN(C(=O)C=C)C[C@H]5F)nc(OC[C@@]56CCCN5C[C@H](F)C6)nc4c3C#N)c12. The van der Waals surface area contributed by atoms with Gasteiger partial charge in [0.2, 0.25) is 11.6 Å². The highest BCUT2D eigenvalue weighted by molar-refractivity contribution is 7.23. The number of hydrogen-bond donors (Lipinski definition) is 1. The molecule has 252 valence electrons. The molecule has 1 amide bonds. The summed E-state index contributed by atoms with van der Waals surface area (Å²) in [5, 5.41) is 11.4. The molecule has 3 saturated heterocycles. The topological polar surface area (TPSA) is 116 Å². The fraction of sp³-hybridized carbons (Fsp3) is 0.382. The first kappa shape index (κ1) is 32.9. The van der Waals surface area contributed by atoms with Gasteiger partial charge in [-0.3, -0.25) is 9.69 Å². The first-order valence-electron chi connectivity index (χ1n) is 15.6. The Morgan fingerprint density at radius 3 is 2.90 bits per heavy atom. The van der Waals surface area contributed by atoms with Gasteiger partial charge in [0.15, 0.2) is 0 Å². The van der Waals surface area contributed by atoms with Gasteiger partial charge in [-0.25, -0.2) is 18.0 Å². The highest BCUT2D eigenvalue weighted by Gasteiger charge is 2.49. The van der Waals surface area contributed by atoms with Crippen molar-refractivity contribution in [2.45, 2.75) is 43.2 Å². The number of nitrogen functional groups attached to an aromatic ring is 1. The number of thiophene rings is 1. The van der Waals surface area contributed by atoms with Gasteiger partial charge in [0.25, 0.3) is 0 Å². The summed E-state index contributed by atoms with van der Waals surface area (Å²) >= 11 is 7.86. The zero-order chi connectivity index (χ0) is 34.8. The van der Waals surface area contributed by atoms with Crippen LogP contribution in [-0.2, 0) is 4.79 Å².